The second-order valence-corrected chi connectivity index (χ2v) is 5.65. The summed E-state index contributed by atoms with van der Waals surface area (Å²) in [5.41, 5.74) is 1.06. The summed E-state index contributed by atoms with van der Waals surface area (Å²) in [5.74, 6) is -0.0795. The van der Waals surface area contributed by atoms with Crippen molar-refractivity contribution in [3.05, 3.63) is 16.1 Å². The van der Waals surface area contributed by atoms with Crippen molar-refractivity contribution in [1.29, 1.82) is 0 Å². The van der Waals surface area contributed by atoms with Crippen LogP contribution in [0, 0.1) is 6.92 Å². The van der Waals surface area contributed by atoms with Gasteiger partial charge in [0.05, 0.1) is 17.3 Å². The molecular weight excluding hydrogens is 248 g/mol. The van der Waals surface area contributed by atoms with Crippen molar-refractivity contribution in [1.82, 2.24) is 9.88 Å². The van der Waals surface area contributed by atoms with Gasteiger partial charge in [0, 0.05) is 11.9 Å². The van der Waals surface area contributed by atoms with E-state index in [1.165, 1.54) is 0 Å². The first-order chi connectivity index (χ1) is 8.70. The van der Waals surface area contributed by atoms with E-state index in [0.717, 1.165) is 43.1 Å². The van der Waals surface area contributed by atoms with E-state index in [-0.39, 0.29) is 12.0 Å². The minimum atomic E-state index is -0.0827. The Morgan fingerprint density at radius 1 is 1.61 bits per heavy atom. The van der Waals surface area contributed by atoms with E-state index in [9.17, 15) is 4.79 Å². The van der Waals surface area contributed by atoms with Gasteiger partial charge in [0.25, 0.3) is 0 Å². The summed E-state index contributed by atoms with van der Waals surface area (Å²) in [6.07, 6.45) is 3.16. The number of carbonyl (C=O) groups is 1. The summed E-state index contributed by atoms with van der Waals surface area (Å²) in [7, 11) is 0. The van der Waals surface area contributed by atoms with Crippen LogP contribution in [0.5, 0.6) is 0 Å². The summed E-state index contributed by atoms with van der Waals surface area (Å²) in [6, 6.07) is -0.0827. The van der Waals surface area contributed by atoms with E-state index in [2.05, 4.69) is 15.3 Å². The number of aromatic nitrogens is 1. The average molecular weight is 268 g/mol. The number of carbonyl (C=O) groups excluding carboxylic acids is 1. The topological polar surface area (TPSA) is 42.4 Å². The molecule has 0 amide bonds. The number of hydrogen-bond acceptors (Lipinski definition) is 5. The van der Waals surface area contributed by atoms with Crippen LogP contribution in [0.3, 0.4) is 0 Å². The lowest BCUT2D eigenvalue weighted by molar-refractivity contribution is -0.151. The van der Waals surface area contributed by atoms with Crippen LogP contribution in [0.15, 0.2) is 5.38 Å². The van der Waals surface area contributed by atoms with E-state index in [0.29, 0.717) is 6.61 Å². The zero-order valence-electron chi connectivity index (χ0n) is 11.0. The minimum absolute atomic E-state index is 0.0795. The third-order valence-corrected chi connectivity index (χ3v) is 4.03. The molecule has 5 heteroatoms. The molecule has 1 aromatic rings. The SMILES string of the molecule is CCOC(=O)C1CCCCN1Cc1csc(C)n1. The highest BCUT2D eigenvalue weighted by Gasteiger charge is 2.30. The molecule has 0 bridgehead atoms. The fraction of sp³-hybridized carbons (Fsp3) is 0.692. The predicted octanol–water partition coefficient (Wildman–Crippen LogP) is 2.37. The second-order valence-electron chi connectivity index (χ2n) is 4.59. The fourth-order valence-corrected chi connectivity index (χ4v) is 2.98. The largest absolute Gasteiger partial charge is 0.465 e. The fourth-order valence-electron chi connectivity index (χ4n) is 2.37. The highest BCUT2D eigenvalue weighted by molar-refractivity contribution is 7.09. The first-order valence-electron chi connectivity index (χ1n) is 6.52. The number of piperidine rings is 1. The van der Waals surface area contributed by atoms with Gasteiger partial charge >= 0.3 is 5.97 Å². The number of thiazole rings is 1. The van der Waals surface area contributed by atoms with Gasteiger partial charge in [0.1, 0.15) is 6.04 Å². The highest BCUT2D eigenvalue weighted by atomic mass is 32.1. The van der Waals surface area contributed by atoms with Crippen LogP contribution in [0.4, 0.5) is 0 Å². The summed E-state index contributed by atoms with van der Waals surface area (Å²) >= 11 is 1.66. The van der Waals surface area contributed by atoms with Gasteiger partial charge in [-0.05, 0) is 33.2 Å². The number of hydrogen-bond donors (Lipinski definition) is 0. The van der Waals surface area contributed by atoms with Crippen LogP contribution in [0.2, 0.25) is 0 Å². The van der Waals surface area contributed by atoms with Crippen molar-refractivity contribution >= 4 is 17.3 Å². The van der Waals surface area contributed by atoms with Gasteiger partial charge in [-0.1, -0.05) is 6.42 Å². The zero-order valence-corrected chi connectivity index (χ0v) is 11.8. The van der Waals surface area contributed by atoms with Crippen molar-refractivity contribution in [3.8, 4) is 0 Å². The van der Waals surface area contributed by atoms with Crippen molar-refractivity contribution < 1.29 is 9.53 Å². The third kappa shape index (κ3) is 3.29. The maximum absolute atomic E-state index is 11.9. The standard InChI is InChI=1S/C13H20N2O2S/c1-3-17-13(16)12-6-4-5-7-15(12)8-11-9-18-10(2)14-11/h9,12H,3-8H2,1-2H3. The van der Waals surface area contributed by atoms with Gasteiger partial charge in [0.15, 0.2) is 0 Å². The normalized spacial score (nSPS) is 20.9. The Hall–Kier alpha value is -0.940. The summed E-state index contributed by atoms with van der Waals surface area (Å²) in [6.45, 7) is 6.04. The van der Waals surface area contributed by atoms with Crippen LogP contribution in [0.25, 0.3) is 0 Å². The molecule has 1 fully saturated rings. The molecule has 0 aliphatic carbocycles. The number of ether oxygens (including phenoxy) is 1. The van der Waals surface area contributed by atoms with E-state index in [1.54, 1.807) is 11.3 Å². The maximum atomic E-state index is 11.9. The summed E-state index contributed by atoms with van der Waals surface area (Å²) in [5, 5.41) is 3.15. The summed E-state index contributed by atoms with van der Waals surface area (Å²) < 4.78 is 5.16. The van der Waals surface area contributed by atoms with Crippen molar-refractivity contribution in [2.45, 2.75) is 45.7 Å². The quantitative estimate of drug-likeness (QED) is 0.786. The number of esters is 1. The molecule has 0 saturated carbocycles. The number of likely N-dealkylation sites (tertiary alicyclic amines) is 1. The monoisotopic (exact) mass is 268 g/mol. The molecule has 1 atom stereocenters. The zero-order chi connectivity index (χ0) is 13.0. The van der Waals surface area contributed by atoms with Gasteiger partial charge in [-0.2, -0.15) is 0 Å². The maximum Gasteiger partial charge on any atom is 0.323 e. The third-order valence-electron chi connectivity index (χ3n) is 3.20. The predicted molar refractivity (Wildman–Crippen MR) is 71.5 cm³/mol. The Morgan fingerprint density at radius 2 is 2.44 bits per heavy atom. The molecule has 2 heterocycles. The lowest BCUT2D eigenvalue weighted by Gasteiger charge is -2.33. The van der Waals surface area contributed by atoms with E-state index < -0.39 is 0 Å². The van der Waals surface area contributed by atoms with Gasteiger partial charge in [-0.15, -0.1) is 11.3 Å². The molecular formula is C13H20N2O2S. The van der Waals surface area contributed by atoms with Crippen LogP contribution in [-0.2, 0) is 16.1 Å². The molecule has 1 saturated heterocycles. The van der Waals surface area contributed by atoms with Crippen molar-refractivity contribution in [2.24, 2.45) is 0 Å². The van der Waals surface area contributed by atoms with Crippen LogP contribution in [0.1, 0.15) is 36.9 Å². The molecule has 100 valence electrons. The molecule has 1 aromatic heterocycles. The molecule has 1 unspecified atom stereocenters. The lowest BCUT2D eigenvalue weighted by atomic mass is 10.0. The average Bonchev–Trinajstić information content (AvgIpc) is 2.76. The smallest absolute Gasteiger partial charge is 0.323 e. The van der Waals surface area contributed by atoms with Crippen LogP contribution < -0.4 is 0 Å². The highest BCUT2D eigenvalue weighted by Crippen LogP contribution is 2.21. The second kappa shape index (κ2) is 6.29. The first kappa shape index (κ1) is 13.5. The minimum Gasteiger partial charge on any atom is -0.465 e. The summed E-state index contributed by atoms with van der Waals surface area (Å²) in [4.78, 5) is 18.6. The number of nitrogens with zero attached hydrogens (tertiary/aromatic N) is 2. The van der Waals surface area contributed by atoms with E-state index in [1.807, 2.05) is 13.8 Å². The molecule has 0 aromatic carbocycles. The molecule has 0 spiro atoms. The first-order valence-corrected chi connectivity index (χ1v) is 7.40. The Labute approximate surface area is 112 Å². The molecule has 18 heavy (non-hydrogen) atoms. The van der Waals surface area contributed by atoms with Crippen molar-refractivity contribution in [3.63, 3.8) is 0 Å². The number of rotatable bonds is 4. The molecule has 0 radical (unpaired) electrons. The Morgan fingerprint density at radius 3 is 3.11 bits per heavy atom. The Balaban J connectivity index is 2.01. The lowest BCUT2D eigenvalue weighted by Crippen LogP contribution is -2.45. The molecule has 0 N–H and O–H groups in total. The number of aryl methyl sites for hydroxylation is 1. The van der Waals surface area contributed by atoms with E-state index in [4.69, 9.17) is 4.74 Å². The van der Waals surface area contributed by atoms with Crippen LogP contribution >= 0.6 is 11.3 Å². The Bertz CT molecular complexity index is 405. The molecule has 2 rings (SSSR count). The van der Waals surface area contributed by atoms with Gasteiger partial charge in [-0.3, -0.25) is 9.69 Å². The van der Waals surface area contributed by atoms with Gasteiger partial charge in [0.2, 0.25) is 0 Å². The van der Waals surface area contributed by atoms with Gasteiger partial charge < -0.3 is 4.74 Å². The molecule has 1 aliphatic rings. The van der Waals surface area contributed by atoms with E-state index >= 15 is 0 Å². The van der Waals surface area contributed by atoms with Gasteiger partial charge in [-0.25, -0.2) is 4.98 Å². The molecule has 4 nitrogen and oxygen atoms in total. The van der Waals surface area contributed by atoms with Crippen LogP contribution in [-0.4, -0.2) is 35.0 Å². The van der Waals surface area contributed by atoms with Crippen molar-refractivity contribution in [2.75, 3.05) is 13.2 Å². The Kier molecular flexibility index (Phi) is 4.72. The molecule has 1 aliphatic heterocycles.